The molecule has 1 fully saturated rings. The molecule has 4 N–H and O–H groups in total. The predicted octanol–water partition coefficient (Wildman–Crippen LogP) is 1.77. The maximum Gasteiger partial charge on any atom is 0.307 e. The molecular weight excluding hydrogens is 256 g/mol. The molecule has 0 spiro atoms. The van der Waals surface area contributed by atoms with Crippen LogP contribution in [0.3, 0.4) is 0 Å². The van der Waals surface area contributed by atoms with E-state index in [0.29, 0.717) is 17.7 Å². The van der Waals surface area contributed by atoms with Gasteiger partial charge >= 0.3 is 5.97 Å². The fraction of sp³-hybridized carbons (Fsp3) is 0.467. The molecule has 1 amide bonds. The van der Waals surface area contributed by atoms with E-state index in [-0.39, 0.29) is 24.3 Å². The normalized spacial score (nSPS) is 22.2. The number of para-hydroxylation sites is 1. The molecule has 2 unspecified atom stereocenters. The molecule has 1 aromatic carbocycles. The van der Waals surface area contributed by atoms with Crippen LogP contribution in [0.2, 0.25) is 0 Å². The van der Waals surface area contributed by atoms with E-state index in [4.69, 9.17) is 10.8 Å². The van der Waals surface area contributed by atoms with Gasteiger partial charge < -0.3 is 16.2 Å². The number of rotatable bonds is 4. The zero-order chi connectivity index (χ0) is 14.5. The Morgan fingerprint density at radius 1 is 1.30 bits per heavy atom. The van der Waals surface area contributed by atoms with Crippen LogP contribution in [0.15, 0.2) is 24.3 Å². The summed E-state index contributed by atoms with van der Waals surface area (Å²) >= 11 is 0. The summed E-state index contributed by atoms with van der Waals surface area (Å²) in [5.41, 5.74) is 7.10. The van der Waals surface area contributed by atoms with Crippen molar-refractivity contribution in [3.8, 4) is 0 Å². The minimum atomic E-state index is -0.911. The smallest absolute Gasteiger partial charge is 0.307 e. The van der Waals surface area contributed by atoms with Crippen LogP contribution >= 0.6 is 0 Å². The van der Waals surface area contributed by atoms with Crippen LogP contribution in [0.4, 0.5) is 5.69 Å². The molecule has 0 bridgehead atoms. The van der Waals surface area contributed by atoms with Crippen molar-refractivity contribution in [1.82, 2.24) is 0 Å². The molecule has 0 saturated heterocycles. The third-order valence-electron chi connectivity index (χ3n) is 3.70. The number of carbonyl (C=O) groups excluding carboxylic acids is 1. The monoisotopic (exact) mass is 276 g/mol. The van der Waals surface area contributed by atoms with Crippen molar-refractivity contribution in [1.29, 1.82) is 0 Å². The molecule has 0 heterocycles. The highest BCUT2D eigenvalue weighted by Crippen LogP contribution is 2.25. The predicted molar refractivity (Wildman–Crippen MR) is 76.3 cm³/mol. The van der Waals surface area contributed by atoms with Crippen LogP contribution in [-0.2, 0) is 16.0 Å². The lowest BCUT2D eigenvalue weighted by Crippen LogP contribution is -2.34. The second-order valence-electron chi connectivity index (χ2n) is 5.34. The van der Waals surface area contributed by atoms with Gasteiger partial charge in [0, 0.05) is 17.6 Å². The van der Waals surface area contributed by atoms with Gasteiger partial charge in [-0.2, -0.15) is 0 Å². The Morgan fingerprint density at radius 3 is 2.75 bits per heavy atom. The van der Waals surface area contributed by atoms with E-state index in [1.165, 1.54) is 0 Å². The van der Waals surface area contributed by atoms with Gasteiger partial charge in [-0.05, 0) is 30.9 Å². The third kappa shape index (κ3) is 3.81. The standard InChI is InChI=1S/C15H20N2O3/c16-12-6-3-5-11(8-12)15(20)17-13-7-2-1-4-10(13)9-14(18)19/h1-2,4,7,11-12H,3,5-6,8-9,16H2,(H,17,20)(H,18,19). The first-order chi connectivity index (χ1) is 9.56. The van der Waals surface area contributed by atoms with Crippen LogP contribution in [0, 0.1) is 5.92 Å². The Balaban J connectivity index is 2.05. The molecule has 1 aromatic rings. The lowest BCUT2D eigenvalue weighted by molar-refractivity contribution is -0.136. The molecule has 108 valence electrons. The first kappa shape index (κ1) is 14.5. The quantitative estimate of drug-likeness (QED) is 0.781. The van der Waals surface area contributed by atoms with Crippen molar-refractivity contribution in [2.75, 3.05) is 5.32 Å². The van der Waals surface area contributed by atoms with Crippen LogP contribution in [0.5, 0.6) is 0 Å². The number of hydrogen-bond donors (Lipinski definition) is 3. The number of carbonyl (C=O) groups is 2. The van der Waals surface area contributed by atoms with E-state index in [0.717, 1.165) is 19.3 Å². The number of anilines is 1. The Morgan fingerprint density at radius 2 is 2.05 bits per heavy atom. The molecule has 0 aromatic heterocycles. The van der Waals surface area contributed by atoms with Crippen LogP contribution in [0.25, 0.3) is 0 Å². The van der Waals surface area contributed by atoms with Crippen molar-refractivity contribution >= 4 is 17.6 Å². The number of nitrogens with one attached hydrogen (secondary N) is 1. The number of nitrogens with two attached hydrogens (primary N) is 1. The minimum absolute atomic E-state index is 0.0574. The molecule has 2 atom stereocenters. The van der Waals surface area contributed by atoms with Crippen molar-refractivity contribution in [2.24, 2.45) is 11.7 Å². The summed E-state index contributed by atoms with van der Waals surface area (Å²) in [6.07, 6.45) is 3.39. The van der Waals surface area contributed by atoms with Gasteiger partial charge in [-0.1, -0.05) is 24.6 Å². The zero-order valence-corrected chi connectivity index (χ0v) is 11.3. The molecule has 1 aliphatic rings. The summed E-state index contributed by atoms with van der Waals surface area (Å²) in [6.45, 7) is 0. The Bertz CT molecular complexity index is 502. The Hall–Kier alpha value is -1.88. The van der Waals surface area contributed by atoms with Gasteiger partial charge in [0.2, 0.25) is 5.91 Å². The number of hydrogen-bond acceptors (Lipinski definition) is 3. The van der Waals surface area contributed by atoms with Crippen LogP contribution in [0.1, 0.15) is 31.2 Å². The first-order valence-corrected chi connectivity index (χ1v) is 6.92. The summed E-state index contributed by atoms with van der Waals surface area (Å²) in [7, 11) is 0. The number of carboxylic acid groups (broad SMARTS) is 1. The highest BCUT2D eigenvalue weighted by molar-refractivity contribution is 5.94. The summed E-state index contributed by atoms with van der Waals surface area (Å²) in [4.78, 5) is 23.1. The van der Waals surface area contributed by atoms with Gasteiger partial charge in [0.15, 0.2) is 0 Å². The molecular formula is C15H20N2O3. The third-order valence-corrected chi connectivity index (χ3v) is 3.70. The number of carboxylic acids is 1. The van der Waals surface area contributed by atoms with E-state index in [1.807, 2.05) is 0 Å². The second kappa shape index (κ2) is 6.52. The zero-order valence-electron chi connectivity index (χ0n) is 11.3. The highest BCUT2D eigenvalue weighted by atomic mass is 16.4. The van der Waals surface area contributed by atoms with Crippen molar-refractivity contribution in [2.45, 2.75) is 38.1 Å². The fourth-order valence-electron chi connectivity index (χ4n) is 2.66. The number of amides is 1. The van der Waals surface area contributed by atoms with E-state index < -0.39 is 5.97 Å². The van der Waals surface area contributed by atoms with Crippen LogP contribution in [-0.4, -0.2) is 23.0 Å². The maximum absolute atomic E-state index is 12.2. The van der Waals surface area contributed by atoms with Gasteiger partial charge in [-0.15, -0.1) is 0 Å². The van der Waals surface area contributed by atoms with Gasteiger partial charge in [0.05, 0.1) is 6.42 Å². The van der Waals surface area contributed by atoms with E-state index in [1.54, 1.807) is 24.3 Å². The summed E-state index contributed by atoms with van der Waals surface area (Å²) in [6, 6.07) is 7.10. The molecule has 0 radical (unpaired) electrons. The molecule has 5 heteroatoms. The largest absolute Gasteiger partial charge is 0.481 e. The van der Waals surface area contributed by atoms with Gasteiger partial charge in [-0.3, -0.25) is 9.59 Å². The average Bonchev–Trinajstić information content (AvgIpc) is 2.40. The van der Waals surface area contributed by atoms with Crippen molar-refractivity contribution in [3.05, 3.63) is 29.8 Å². The molecule has 20 heavy (non-hydrogen) atoms. The SMILES string of the molecule is NC1CCCC(C(=O)Nc2ccccc2CC(=O)O)C1. The number of aliphatic carboxylic acids is 1. The topological polar surface area (TPSA) is 92.4 Å². The Labute approximate surface area is 118 Å². The number of benzene rings is 1. The van der Waals surface area contributed by atoms with Gasteiger partial charge in [-0.25, -0.2) is 0 Å². The molecule has 1 saturated carbocycles. The summed E-state index contributed by atoms with van der Waals surface area (Å²) in [5, 5.41) is 11.7. The molecule has 2 rings (SSSR count). The van der Waals surface area contributed by atoms with E-state index >= 15 is 0 Å². The average molecular weight is 276 g/mol. The van der Waals surface area contributed by atoms with Crippen molar-refractivity contribution in [3.63, 3.8) is 0 Å². The maximum atomic E-state index is 12.2. The van der Waals surface area contributed by atoms with E-state index in [2.05, 4.69) is 5.32 Å². The van der Waals surface area contributed by atoms with Gasteiger partial charge in [0.1, 0.15) is 0 Å². The lowest BCUT2D eigenvalue weighted by atomic mass is 9.85. The molecule has 1 aliphatic carbocycles. The van der Waals surface area contributed by atoms with Crippen LogP contribution < -0.4 is 11.1 Å². The fourth-order valence-corrected chi connectivity index (χ4v) is 2.66. The summed E-state index contributed by atoms with van der Waals surface area (Å²) in [5.74, 6) is -1.04. The second-order valence-corrected chi connectivity index (χ2v) is 5.34. The molecule has 0 aliphatic heterocycles. The Kier molecular flexibility index (Phi) is 4.74. The lowest BCUT2D eigenvalue weighted by Gasteiger charge is -2.26. The minimum Gasteiger partial charge on any atom is -0.481 e. The first-order valence-electron chi connectivity index (χ1n) is 6.92. The summed E-state index contributed by atoms with van der Waals surface area (Å²) < 4.78 is 0. The molecule has 5 nitrogen and oxygen atoms in total. The van der Waals surface area contributed by atoms with Gasteiger partial charge in [0.25, 0.3) is 0 Å². The highest BCUT2D eigenvalue weighted by Gasteiger charge is 2.25. The van der Waals surface area contributed by atoms with E-state index in [9.17, 15) is 9.59 Å². The van der Waals surface area contributed by atoms with Crippen molar-refractivity contribution < 1.29 is 14.7 Å².